The third-order valence-corrected chi connectivity index (χ3v) is 4.19. The Balaban J connectivity index is 1.62. The average molecular weight is 307 g/mol. The van der Waals surface area contributed by atoms with E-state index in [4.69, 9.17) is 4.74 Å². The Hall–Kier alpha value is -1.86. The van der Waals surface area contributed by atoms with Gasteiger partial charge >= 0.3 is 0 Å². The van der Waals surface area contributed by atoms with Crippen molar-refractivity contribution in [1.29, 1.82) is 0 Å². The van der Waals surface area contributed by atoms with Gasteiger partial charge in [0.15, 0.2) is 0 Å². The lowest BCUT2D eigenvalue weighted by Gasteiger charge is -2.19. The molecular weight excluding hydrogens is 293 g/mol. The maximum absolute atomic E-state index is 13.0. The number of rotatable bonds is 4. The zero-order valence-electron chi connectivity index (χ0n) is 11.2. The van der Waals surface area contributed by atoms with E-state index < -0.39 is 0 Å². The van der Waals surface area contributed by atoms with Crippen LogP contribution in [0.3, 0.4) is 0 Å². The van der Waals surface area contributed by atoms with Crippen LogP contribution >= 0.6 is 11.5 Å². The lowest BCUT2D eigenvalue weighted by atomic mass is 9.95. The van der Waals surface area contributed by atoms with Crippen LogP contribution in [0.5, 0.6) is 0 Å². The van der Waals surface area contributed by atoms with Gasteiger partial charge in [0.1, 0.15) is 10.7 Å². The maximum atomic E-state index is 13.0. The first kappa shape index (κ1) is 14.1. The van der Waals surface area contributed by atoms with E-state index in [0.717, 1.165) is 23.5 Å². The fourth-order valence-corrected chi connectivity index (χ4v) is 2.87. The minimum absolute atomic E-state index is 0.106. The maximum Gasteiger partial charge on any atom is 0.264 e. The number of aromatic nitrogens is 2. The van der Waals surface area contributed by atoms with E-state index in [1.807, 2.05) is 0 Å². The Morgan fingerprint density at radius 1 is 1.43 bits per heavy atom. The largest absolute Gasteiger partial charge is 0.373 e. The third-order valence-electron chi connectivity index (χ3n) is 3.52. The van der Waals surface area contributed by atoms with Gasteiger partial charge in [-0.1, -0.05) is 16.6 Å². The third kappa shape index (κ3) is 3.25. The van der Waals surface area contributed by atoms with Crippen LogP contribution in [0.15, 0.2) is 30.5 Å². The van der Waals surface area contributed by atoms with Crippen LogP contribution in [0.25, 0.3) is 0 Å². The normalized spacial score (nSPS) is 21.4. The van der Waals surface area contributed by atoms with Crippen molar-refractivity contribution < 1.29 is 13.9 Å². The van der Waals surface area contributed by atoms with Crippen molar-refractivity contribution in [3.8, 4) is 0 Å². The molecule has 1 amide bonds. The fraction of sp³-hybridized carbons (Fsp3) is 0.357. The molecule has 7 heteroatoms. The molecule has 1 aliphatic rings. The van der Waals surface area contributed by atoms with Gasteiger partial charge in [0, 0.05) is 19.1 Å². The van der Waals surface area contributed by atoms with Crippen molar-refractivity contribution >= 4 is 17.4 Å². The van der Waals surface area contributed by atoms with Gasteiger partial charge in [0.05, 0.1) is 12.3 Å². The van der Waals surface area contributed by atoms with Crippen LogP contribution in [0, 0.1) is 11.7 Å². The van der Waals surface area contributed by atoms with Crippen molar-refractivity contribution in [1.82, 2.24) is 14.9 Å². The van der Waals surface area contributed by atoms with Gasteiger partial charge in [-0.2, -0.15) is 0 Å². The summed E-state index contributed by atoms with van der Waals surface area (Å²) in [7, 11) is 0. The number of nitrogens with one attached hydrogen (secondary N) is 1. The van der Waals surface area contributed by atoms with Crippen LogP contribution in [0.2, 0.25) is 0 Å². The Bertz CT molecular complexity index is 603. The second-order valence-electron chi connectivity index (χ2n) is 4.88. The van der Waals surface area contributed by atoms with Gasteiger partial charge in [-0.15, -0.1) is 5.10 Å². The topological polar surface area (TPSA) is 64.1 Å². The first-order valence-corrected chi connectivity index (χ1v) is 7.44. The van der Waals surface area contributed by atoms with E-state index in [0.29, 0.717) is 18.0 Å². The van der Waals surface area contributed by atoms with Crippen molar-refractivity contribution in [2.75, 3.05) is 13.2 Å². The first-order chi connectivity index (χ1) is 10.2. The molecule has 1 saturated heterocycles. The van der Waals surface area contributed by atoms with Gasteiger partial charge in [0.2, 0.25) is 0 Å². The molecule has 2 atom stereocenters. The molecule has 2 aromatic rings. The van der Waals surface area contributed by atoms with Crippen LogP contribution in [-0.4, -0.2) is 28.6 Å². The van der Waals surface area contributed by atoms with E-state index in [2.05, 4.69) is 14.9 Å². The Labute approximate surface area is 125 Å². The predicted octanol–water partition coefficient (Wildman–Crippen LogP) is 2.18. The molecule has 1 N–H and O–H groups in total. The Kier molecular flexibility index (Phi) is 4.21. The molecule has 0 spiro atoms. The molecule has 0 aliphatic carbocycles. The van der Waals surface area contributed by atoms with Gasteiger partial charge in [-0.3, -0.25) is 4.79 Å². The molecular formula is C14H14FN3O2S. The standard InChI is InChI=1S/C14H14FN3O2S/c15-11-3-1-9(2-4-11)13-10(5-6-20-13)7-16-14(19)12-8-17-18-21-12/h1-4,8,10,13H,5-7H2,(H,16,19)/t10-,13-/m0/s1. The summed E-state index contributed by atoms with van der Waals surface area (Å²) in [6, 6.07) is 6.31. The predicted molar refractivity (Wildman–Crippen MR) is 75.4 cm³/mol. The van der Waals surface area contributed by atoms with Crippen LogP contribution in [-0.2, 0) is 4.74 Å². The molecule has 0 unspecified atom stereocenters. The summed E-state index contributed by atoms with van der Waals surface area (Å²) in [6.07, 6.45) is 2.21. The summed E-state index contributed by atoms with van der Waals surface area (Å²) in [5, 5.41) is 6.52. The molecule has 1 fully saturated rings. The van der Waals surface area contributed by atoms with Gasteiger partial charge in [0.25, 0.3) is 5.91 Å². The van der Waals surface area contributed by atoms with Crippen LogP contribution in [0.1, 0.15) is 27.8 Å². The van der Waals surface area contributed by atoms with Gasteiger partial charge < -0.3 is 10.1 Å². The van der Waals surface area contributed by atoms with Crippen molar-refractivity contribution in [3.63, 3.8) is 0 Å². The number of ether oxygens (including phenoxy) is 1. The van der Waals surface area contributed by atoms with E-state index in [1.54, 1.807) is 12.1 Å². The van der Waals surface area contributed by atoms with E-state index in [1.165, 1.54) is 18.3 Å². The number of amides is 1. The summed E-state index contributed by atoms with van der Waals surface area (Å²) in [5.74, 6) is -0.255. The summed E-state index contributed by atoms with van der Waals surface area (Å²) in [4.78, 5) is 12.4. The lowest BCUT2D eigenvalue weighted by Crippen LogP contribution is -2.30. The Morgan fingerprint density at radius 3 is 2.95 bits per heavy atom. The number of hydrogen-bond donors (Lipinski definition) is 1. The SMILES string of the molecule is O=C(NC[C@@H]1CCO[C@H]1c1ccc(F)cc1)c1cnns1. The fourth-order valence-electron chi connectivity index (χ4n) is 2.44. The highest BCUT2D eigenvalue weighted by Crippen LogP contribution is 2.34. The lowest BCUT2D eigenvalue weighted by molar-refractivity contribution is 0.0848. The minimum atomic E-state index is -0.265. The summed E-state index contributed by atoms with van der Waals surface area (Å²) < 4.78 is 22.4. The molecule has 110 valence electrons. The molecule has 21 heavy (non-hydrogen) atoms. The quantitative estimate of drug-likeness (QED) is 0.940. The number of halogens is 1. The molecule has 0 radical (unpaired) electrons. The molecule has 1 aromatic carbocycles. The molecule has 0 bridgehead atoms. The second-order valence-corrected chi connectivity index (χ2v) is 5.67. The van der Waals surface area contributed by atoms with E-state index in [-0.39, 0.29) is 23.7 Å². The molecule has 2 heterocycles. The molecule has 3 rings (SSSR count). The molecule has 0 saturated carbocycles. The van der Waals surface area contributed by atoms with Crippen LogP contribution in [0.4, 0.5) is 4.39 Å². The molecule has 5 nitrogen and oxygen atoms in total. The number of benzene rings is 1. The zero-order chi connectivity index (χ0) is 14.7. The summed E-state index contributed by atoms with van der Waals surface area (Å²) in [5.41, 5.74) is 0.938. The highest BCUT2D eigenvalue weighted by atomic mass is 32.1. The summed E-state index contributed by atoms with van der Waals surface area (Å²) >= 11 is 1.07. The minimum Gasteiger partial charge on any atom is -0.373 e. The first-order valence-electron chi connectivity index (χ1n) is 6.66. The highest BCUT2D eigenvalue weighted by Gasteiger charge is 2.30. The van der Waals surface area contributed by atoms with E-state index >= 15 is 0 Å². The summed E-state index contributed by atoms with van der Waals surface area (Å²) in [6.45, 7) is 1.16. The Morgan fingerprint density at radius 2 is 2.24 bits per heavy atom. The van der Waals surface area contributed by atoms with Gasteiger partial charge in [-0.25, -0.2) is 4.39 Å². The second kappa shape index (κ2) is 6.28. The number of carbonyl (C=O) groups is 1. The number of carbonyl (C=O) groups excluding carboxylic acids is 1. The van der Waals surface area contributed by atoms with Crippen molar-refractivity contribution in [2.45, 2.75) is 12.5 Å². The zero-order valence-corrected chi connectivity index (χ0v) is 12.0. The van der Waals surface area contributed by atoms with Gasteiger partial charge in [-0.05, 0) is 35.6 Å². The molecule has 1 aliphatic heterocycles. The molecule has 1 aromatic heterocycles. The van der Waals surface area contributed by atoms with E-state index in [9.17, 15) is 9.18 Å². The monoisotopic (exact) mass is 307 g/mol. The van der Waals surface area contributed by atoms with Crippen LogP contribution < -0.4 is 5.32 Å². The number of nitrogens with zero attached hydrogens (tertiary/aromatic N) is 2. The smallest absolute Gasteiger partial charge is 0.264 e. The van der Waals surface area contributed by atoms with Crippen molar-refractivity contribution in [3.05, 3.63) is 46.7 Å². The highest BCUT2D eigenvalue weighted by molar-refractivity contribution is 7.07. The van der Waals surface area contributed by atoms with Crippen molar-refractivity contribution in [2.24, 2.45) is 5.92 Å². The average Bonchev–Trinajstić information content (AvgIpc) is 3.17. The number of hydrogen-bond acceptors (Lipinski definition) is 5.